The van der Waals surface area contributed by atoms with Gasteiger partial charge in [-0.2, -0.15) is 0 Å². The molecule has 0 aliphatic carbocycles. The summed E-state index contributed by atoms with van der Waals surface area (Å²) < 4.78 is 0. The summed E-state index contributed by atoms with van der Waals surface area (Å²) in [4.78, 5) is 0. The van der Waals surface area contributed by atoms with E-state index in [4.69, 9.17) is 0 Å². The van der Waals surface area contributed by atoms with Gasteiger partial charge in [0.1, 0.15) is 0 Å². The minimum absolute atomic E-state index is 0.595. The van der Waals surface area contributed by atoms with Gasteiger partial charge < -0.3 is 5.32 Å². The topological polar surface area (TPSA) is 12.0 Å². The first kappa shape index (κ1) is 12.1. The molecule has 15 heavy (non-hydrogen) atoms. The lowest BCUT2D eigenvalue weighted by molar-refractivity contribution is 0.600. The zero-order chi connectivity index (χ0) is 10.9. The molecule has 1 nitrogen and oxygen atoms in total. The minimum Gasteiger partial charge on any atom is -0.382 e. The van der Waals surface area contributed by atoms with E-state index >= 15 is 0 Å². The third-order valence-corrected chi connectivity index (χ3v) is 2.57. The summed E-state index contributed by atoms with van der Waals surface area (Å²) >= 11 is 0. The average molecular weight is 204 g/mol. The van der Waals surface area contributed by atoms with Crippen molar-refractivity contribution < 1.29 is 0 Å². The van der Waals surface area contributed by atoms with Gasteiger partial charge in [-0.25, -0.2) is 0 Å². The van der Waals surface area contributed by atoms with Crippen LogP contribution in [0.2, 0.25) is 0 Å². The van der Waals surface area contributed by atoms with Crippen molar-refractivity contribution in [3.8, 4) is 0 Å². The zero-order valence-corrected chi connectivity index (χ0v) is 9.87. The van der Waals surface area contributed by atoms with Crippen molar-refractivity contribution in [3.05, 3.63) is 36.8 Å². The van der Waals surface area contributed by atoms with E-state index in [-0.39, 0.29) is 0 Å². The van der Waals surface area contributed by atoms with Crippen molar-refractivity contribution in [1.82, 2.24) is 0 Å². The van der Waals surface area contributed by atoms with Crippen LogP contribution >= 0.6 is 0 Å². The molecule has 1 aromatic carbocycles. The Morgan fingerprint density at radius 1 is 1.27 bits per heavy atom. The quantitative estimate of drug-likeness (QED) is 0.699. The molecule has 1 unspecified atom stereocenters. The Morgan fingerprint density at radius 3 is 2.60 bits per heavy atom. The maximum atomic E-state index is 3.58. The number of unbranched alkanes of at least 4 members (excludes halogenated alkanes) is 1. The van der Waals surface area contributed by atoms with Gasteiger partial charge in [0.05, 0.1) is 0 Å². The molecule has 1 N–H and O–H groups in total. The van der Waals surface area contributed by atoms with Gasteiger partial charge in [-0.05, 0) is 31.4 Å². The highest BCUT2D eigenvalue weighted by Gasteiger charge is 2.06. The molecular weight excluding hydrogens is 182 g/mol. The lowest BCUT2D eigenvalue weighted by atomic mass is 10.0. The van der Waals surface area contributed by atoms with E-state index in [2.05, 4.69) is 55.9 Å². The Morgan fingerprint density at radius 2 is 2.00 bits per heavy atom. The molecule has 1 radical (unpaired) electrons. The molecule has 0 amide bonds. The highest BCUT2D eigenvalue weighted by Crippen LogP contribution is 2.14. The predicted octanol–water partition coefficient (Wildman–Crippen LogP) is 4.27. The second kappa shape index (κ2) is 7.33. The van der Waals surface area contributed by atoms with Crippen LogP contribution in [-0.4, -0.2) is 6.04 Å². The molecule has 1 atom stereocenters. The molecule has 0 aromatic heterocycles. The van der Waals surface area contributed by atoms with E-state index in [1.165, 1.54) is 24.9 Å². The molecule has 1 heteroatoms. The molecule has 0 heterocycles. The first-order valence-corrected chi connectivity index (χ1v) is 5.96. The van der Waals surface area contributed by atoms with Gasteiger partial charge in [0.25, 0.3) is 0 Å². The first-order chi connectivity index (χ1) is 7.36. The molecule has 0 saturated carbocycles. The van der Waals surface area contributed by atoms with Gasteiger partial charge in [-0.1, -0.05) is 44.9 Å². The second-order valence-electron chi connectivity index (χ2n) is 3.99. The molecule has 0 aliphatic heterocycles. The normalized spacial score (nSPS) is 12.4. The number of hydrogen-bond acceptors (Lipinski definition) is 1. The number of anilines is 1. The molecule has 1 aromatic rings. The fourth-order valence-corrected chi connectivity index (χ4v) is 1.75. The monoisotopic (exact) mass is 204 g/mol. The van der Waals surface area contributed by atoms with Crippen LogP contribution in [0.3, 0.4) is 0 Å². The van der Waals surface area contributed by atoms with Gasteiger partial charge in [0.15, 0.2) is 0 Å². The number of hydrogen-bond donors (Lipinski definition) is 1. The number of rotatable bonds is 7. The molecule has 83 valence electrons. The summed E-state index contributed by atoms with van der Waals surface area (Å²) in [6.07, 6.45) is 7.23. The Labute approximate surface area is 93.9 Å². The largest absolute Gasteiger partial charge is 0.382 e. The smallest absolute Gasteiger partial charge is 0.0342 e. The van der Waals surface area contributed by atoms with E-state index < -0.39 is 0 Å². The summed E-state index contributed by atoms with van der Waals surface area (Å²) in [7, 11) is 0. The standard InChI is InChI=1S/C14H22N/c1-3-5-10-13(9-4-2)15-14-11-7-6-8-12-14/h4,6-8,11-13,15H,3,5,9-10H2,1-2H3. The van der Waals surface area contributed by atoms with Crippen molar-refractivity contribution in [1.29, 1.82) is 0 Å². The summed E-state index contributed by atoms with van der Waals surface area (Å²) in [5, 5.41) is 3.58. The third kappa shape index (κ3) is 4.87. The lowest BCUT2D eigenvalue weighted by Crippen LogP contribution is -2.19. The molecule has 0 aliphatic rings. The van der Waals surface area contributed by atoms with Crippen molar-refractivity contribution in [3.63, 3.8) is 0 Å². The Kier molecular flexibility index (Phi) is 5.91. The van der Waals surface area contributed by atoms with Gasteiger partial charge >= 0.3 is 0 Å². The summed E-state index contributed by atoms with van der Waals surface area (Å²) in [6, 6.07) is 11.1. The molecular formula is C14H22N. The van der Waals surface area contributed by atoms with Crippen molar-refractivity contribution in [2.75, 3.05) is 5.32 Å². The van der Waals surface area contributed by atoms with E-state index in [1.807, 2.05) is 0 Å². The summed E-state index contributed by atoms with van der Waals surface area (Å²) in [6.45, 7) is 4.38. The molecule has 1 rings (SSSR count). The maximum absolute atomic E-state index is 3.58. The molecule has 0 bridgehead atoms. The van der Waals surface area contributed by atoms with Crippen LogP contribution in [0.15, 0.2) is 30.3 Å². The van der Waals surface area contributed by atoms with Gasteiger partial charge in [-0.15, -0.1) is 0 Å². The van der Waals surface area contributed by atoms with Gasteiger partial charge in [0.2, 0.25) is 0 Å². The zero-order valence-electron chi connectivity index (χ0n) is 9.87. The fourth-order valence-electron chi connectivity index (χ4n) is 1.75. The minimum atomic E-state index is 0.595. The fraction of sp³-hybridized carbons (Fsp3) is 0.500. The van der Waals surface area contributed by atoms with E-state index in [0.29, 0.717) is 6.04 Å². The average Bonchev–Trinajstić information content (AvgIpc) is 2.28. The number of benzene rings is 1. The van der Waals surface area contributed by atoms with Gasteiger partial charge in [-0.3, -0.25) is 0 Å². The second-order valence-corrected chi connectivity index (χ2v) is 3.99. The van der Waals surface area contributed by atoms with Crippen LogP contribution in [0.5, 0.6) is 0 Å². The SMILES string of the molecule is C[CH]CC(CCCC)Nc1ccccc1. The molecule has 0 saturated heterocycles. The van der Waals surface area contributed by atoms with Gasteiger partial charge in [0, 0.05) is 11.7 Å². The van der Waals surface area contributed by atoms with Crippen molar-refractivity contribution >= 4 is 5.69 Å². The maximum Gasteiger partial charge on any atom is 0.0342 e. The van der Waals surface area contributed by atoms with Crippen LogP contribution in [0.25, 0.3) is 0 Å². The van der Waals surface area contributed by atoms with E-state index in [1.54, 1.807) is 0 Å². The predicted molar refractivity (Wildman–Crippen MR) is 68.0 cm³/mol. The Bertz CT molecular complexity index is 243. The first-order valence-electron chi connectivity index (χ1n) is 5.96. The van der Waals surface area contributed by atoms with Crippen LogP contribution in [0.1, 0.15) is 39.5 Å². The molecule has 0 fully saturated rings. The summed E-state index contributed by atoms with van der Waals surface area (Å²) in [5.74, 6) is 0. The van der Waals surface area contributed by atoms with Crippen LogP contribution in [0.4, 0.5) is 5.69 Å². The van der Waals surface area contributed by atoms with Crippen LogP contribution < -0.4 is 5.32 Å². The number of para-hydroxylation sites is 1. The van der Waals surface area contributed by atoms with E-state index in [9.17, 15) is 0 Å². The van der Waals surface area contributed by atoms with Crippen LogP contribution in [-0.2, 0) is 0 Å². The van der Waals surface area contributed by atoms with Crippen molar-refractivity contribution in [2.24, 2.45) is 0 Å². The summed E-state index contributed by atoms with van der Waals surface area (Å²) in [5.41, 5.74) is 1.24. The lowest BCUT2D eigenvalue weighted by Gasteiger charge is -2.18. The van der Waals surface area contributed by atoms with E-state index in [0.717, 1.165) is 6.42 Å². The Balaban J connectivity index is 2.43. The molecule has 0 spiro atoms. The third-order valence-electron chi connectivity index (χ3n) is 2.57. The number of nitrogens with one attached hydrogen (secondary N) is 1. The highest BCUT2D eigenvalue weighted by atomic mass is 14.9. The van der Waals surface area contributed by atoms with Crippen LogP contribution in [0, 0.1) is 6.42 Å². The van der Waals surface area contributed by atoms with Crippen molar-refractivity contribution in [2.45, 2.75) is 45.6 Å². The Hall–Kier alpha value is -0.980. The highest BCUT2D eigenvalue weighted by molar-refractivity contribution is 5.43.